The third-order valence-corrected chi connectivity index (χ3v) is 4.01. The number of nitrogens with zero attached hydrogens (tertiary/aromatic N) is 2. The van der Waals surface area contributed by atoms with E-state index in [0.29, 0.717) is 10.8 Å². The molecule has 0 amide bonds. The van der Waals surface area contributed by atoms with Crippen LogP contribution in [0.3, 0.4) is 0 Å². The molecule has 0 fully saturated rings. The van der Waals surface area contributed by atoms with Gasteiger partial charge in [-0.2, -0.15) is 0 Å². The minimum atomic E-state index is -0.913. The second kappa shape index (κ2) is 5.50. The van der Waals surface area contributed by atoms with Crippen LogP contribution in [0, 0.1) is 0 Å². The molecule has 4 nitrogen and oxygen atoms in total. The number of imidazole rings is 1. The van der Waals surface area contributed by atoms with Gasteiger partial charge in [-0.05, 0) is 46.3 Å². The quantitative estimate of drug-likeness (QED) is 0.756. The highest BCUT2D eigenvalue weighted by Crippen LogP contribution is 2.32. The van der Waals surface area contributed by atoms with E-state index in [9.17, 15) is 4.79 Å². The van der Waals surface area contributed by atoms with Crippen LogP contribution in [0.2, 0.25) is 5.02 Å². The average Bonchev–Trinajstić information content (AvgIpc) is 2.77. The van der Waals surface area contributed by atoms with Gasteiger partial charge in [0.05, 0.1) is 11.0 Å². The van der Waals surface area contributed by atoms with E-state index in [0.717, 1.165) is 21.1 Å². The van der Waals surface area contributed by atoms with E-state index in [4.69, 9.17) is 16.7 Å². The lowest BCUT2D eigenvalue weighted by Crippen LogP contribution is -2.10. The van der Waals surface area contributed by atoms with Crippen molar-refractivity contribution in [3.05, 3.63) is 52.0 Å². The molecular weight excluding hydrogens is 356 g/mol. The van der Waals surface area contributed by atoms with Gasteiger partial charge < -0.3 is 9.67 Å². The summed E-state index contributed by atoms with van der Waals surface area (Å²) in [7, 11) is 0. The summed E-state index contributed by atoms with van der Waals surface area (Å²) in [5.74, 6) is -0.313. The highest BCUT2D eigenvalue weighted by Gasteiger charge is 2.16. The molecule has 0 atom stereocenters. The molecule has 6 heteroatoms. The highest BCUT2D eigenvalue weighted by molar-refractivity contribution is 9.10. The van der Waals surface area contributed by atoms with Gasteiger partial charge in [-0.25, -0.2) is 4.98 Å². The zero-order valence-electron chi connectivity index (χ0n) is 10.8. The molecule has 0 bridgehead atoms. The Morgan fingerprint density at radius 1 is 1.29 bits per heavy atom. The first kappa shape index (κ1) is 14.1. The van der Waals surface area contributed by atoms with Crippen molar-refractivity contribution in [3.8, 4) is 11.4 Å². The molecule has 0 aliphatic rings. The molecule has 0 radical (unpaired) electrons. The smallest absolute Gasteiger partial charge is 0.323 e. The Morgan fingerprint density at radius 3 is 2.76 bits per heavy atom. The van der Waals surface area contributed by atoms with Gasteiger partial charge in [0.1, 0.15) is 12.4 Å². The van der Waals surface area contributed by atoms with Crippen LogP contribution in [0.25, 0.3) is 22.4 Å². The number of hydrogen-bond acceptors (Lipinski definition) is 2. The molecule has 0 aliphatic heterocycles. The van der Waals surface area contributed by atoms with Gasteiger partial charge in [0.2, 0.25) is 0 Å². The zero-order chi connectivity index (χ0) is 15.0. The Morgan fingerprint density at radius 2 is 2.05 bits per heavy atom. The van der Waals surface area contributed by atoms with Gasteiger partial charge in [0.15, 0.2) is 0 Å². The molecular formula is C15H10BrClN2O2. The second-order valence-corrected chi connectivity index (χ2v) is 5.82. The second-order valence-electron chi connectivity index (χ2n) is 4.53. The number of rotatable bonds is 3. The monoisotopic (exact) mass is 364 g/mol. The van der Waals surface area contributed by atoms with Gasteiger partial charge >= 0.3 is 5.97 Å². The van der Waals surface area contributed by atoms with Crippen LogP contribution in [0.5, 0.6) is 0 Å². The third kappa shape index (κ3) is 2.66. The summed E-state index contributed by atoms with van der Waals surface area (Å²) in [6.07, 6.45) is 0. The summed E-state index contributed by atoms with van der Waals surface area (Å²) in [6.45, 7) is -0.148. The van der Waals surface area contributed by atoms with Crippen molar-refractivity contribution in [2.24, 2.45) is 0 Å². The molecule has 0 saturated heterocycles. The lowest BCUT2D eigenvalue weighted by atomic mass is 10.2. The highest BCUT2D eigenvalue weighted by atomic mass is 79.9. The van der Waals surface area contributed by atoms with E-state index in [1.165, 1.54) is 0 Å². The van der Waals surface area contributed by atoms with E-state index in [-0.39, 0.29) is 6.54 Å². The number of carboxylic acids is 1. The van der Waals surface area contributed by atoms with Crippen LogP contribution in [-0.2, 0) is 11.3 Å². The van der Waals surface area contributed by atoms with Crippen LogP contribution < -0.4 is 0 Å². The maximum Gasteiger partial charge on any atom is 0.323 e. The summed E-state index contributed by atoms with van der Waals surface area (Å²) in [4.78, 5) is 15.7. The molecule has 1 N–H and O–H groups in total. The number of benzene rings is 2. The van der Waals surface area contributed by atoms with E-state index in [2.05, 4.69) is 20.9 Å². The van der Waals surface area contributed by atoms with Gasteiger partial charge in [-0.3, -0.25) is 4.79 Å². The fourth-order valence-electron chi connectivity index (χ4n) is 2.25. The number of para-hydroxylation sites is 2. The van der Waals surface area contributed by atoms with Crippen LogP contribution in [-0.4, -0.2) is 20.6 Å². The Labute approximate surface area is 134 Å². The molecule has 106 valence electrons. The third-order valence-electron chi connectivity index (χ3n) is 3.12. The standard InChI is InChI=1S/C15H10BrClN2O2/c16-11-7-9(17)5-6-10(11)15-18-12-3-1-2-4-13(12)19(15)8-14(20)21/h1-7H,8H2,(H,20,21). The van der Waals surface area contributed by atoms with Crippen molar-refractivity contribution < 1.29 is 9.90 Å². The number of aromatic nitrogens is 2. The Kier molecular flexibility index (Phi) is 3.69. The fourth-order valence-corrected chi connectivity index (χ4v) is 3.11. The zero-order valence-corrected chi connectivity index (χ0v) is 13.1. The van der Waals surface area contributed by atoms with Crippen LogP contribution >= 0.6 is 27.5 Å². The van der Waals surface area contributed by atoms with E-state index in [1.54, 1.807) is 16.7 Å². The summed E-state index contributed by atoms with van der Waals surface area (Å²) >= 11 is 9.41. The molecule has 0 spiro atoms. The van der Waals surface area contributed by atoms with Crippen LogP contribution in [0.15, 0.2) is 46.9 Å². The largest absolute Gasteiger partial charge is 0.480 e. The summed E-state index contributed by atoms with van der Waals surface area (Å²) in [5.41, 5.74) is 2.35. The first-order valence-corrected chi connectivity index (χ1v) is 7.36. The van der Waals surface area contributed by atoms with Crippen molar-refractivity contribution in [2.45, 2.75) is 6.54 Å². The lowest BCUT2D eigenvalue weighted by molar-refractivity contribution is -0.137. The lowest BCUT2D eigenvalue weighted by Gasteiger charge is -2.08. The van der Waals surface area contributed by atoms with Gasteiger partial charge in [-0.1, -0.05) is 23.7 Å². The van der Waals surface area contributed by atoms with Gasteiger partial charge in [-0.15, -0.1) is 0 Å². The number of hydrogen-bond donors (Lipinski definition) is 1. The molecule has 0 unspecified atom stereocenters. The van der Waals surface area contributed by atoms with Gasteiger partial charge in [0, 0.05) is 15.1 Å². The molecule has 2 aromatic carbocycles. The molecule has 3 rings (SSSR count). The van der Waals surface area contributed by atoms with E-state index >= 15 is 0 Å². The van der Waals surface area contributed by atoms with Crippen LogP contribution in [0.1, 0.15) is 0 Å². The van der Waals surface area contributed by atoms with Crippen molar-refractivity contribution in [2.75, 3.05) is 0 Å². The topological polar surface area (TPSA) is 55.1 Å². The molecule has 0 saturated carbocycles. The maximum atomic E-state index is 11.2. The Bertz CT molecular complexity index is 845. The molecule has 3 aromatic rings. The van der Waals surface area contributed by atoms with Crippen molar-refractivity contribution in [3.63, 3.8) is 0 Å². The number of carboxylic acid groups (broad SMARTS) is 1. The molecule has 1 aromatic heterocycles. The number of aliphatic carboxylic acids is 1. The normalized spacial score (nSPS) is 11.0. The molecule has 1 heterocycles. The van der Waals surface area contributed by atoms with Crippen molar-refractivity contribution in [1.82, 2.24) is 9.55 Å². The minimum absolute atomic E-state index is 0.148. The summed E-state index contributed by atoms with van der Waals surface area (Å²) in [6, 6.07) is 12.8. The first-order chi connectivity index (χ1) is 10.1. The SMILES string of the molecule is O=C(O)Cn1c(-c2ccc(Cl)cc2Br)nc2ccccc21. The van der Waals surface area contributed by atoms with Gasteiger partial charge in [0.25, 0.3) is 0 Å². The van der Waals surface area contributed by atoms with Crippen molar-refractivity contribution >= 4 is 44.5 Å². The minimum Gasteiger partial charge on any atom is -0.480 e. The van der Waals surface area contributed by atoms with Crippen LogP contribution in [0.4, 0.5) is 0 Å². The molecule has 21 heavy (non-hydrogen) atoms. The fraction of sp³-hybridized carbons (Fsp3) is 0.0667. The average molecular weight is 366 g/mol. The maximum absolute atomic E-state index is 11.2. The first-order valence-electron chi connectivity index (χ1n) is 6.19. The number of fused-ring (bicyclic) bond motifs is 1. The summed E-state index contributed by atoms with van der Waals surface area (Å²) < 4.78 is 2.46. The Balaban J connectivity index is 2.28. The number of carbonyl (C=O) groups is 1. The number of halogens is 2. The molecule has 0 aliphatic carbocycles. The predicted molar refractivity (Wildman–Crippen MR) is 85.5 cm³/mol. The predicted octanol–water partition coefficient (Wildman–Crippen LogP) is 4.20. The summed E-state index contributed by atoms with van der Waals surface area (Å²) in [5, 5.41) is 9.75. The Hall–Kier alpha value is -1.85. The van der Waals surface area contributed by atoms with E-state index in [1.807, 2.05) is 30.3 Å². The van der Waals surface area contributed by atoms with Crippen molar-refractivity contribution in [1.29, 1.82) is 0 Å². The van der Waals surface area contributed by atoms with E-state index < -0.39 is 5.97 Å².